The number of H-pyrrole nitrogens is 1. The van der Waals surface area contributed by atoms with E-state index in [1.807, 2.05) is 23.1 Å². The van der Waals surface area contributed by atoms with Gasteiger partial charge in [0.15, 0.2) is 5.69 Å². The molecule has 0 spiro atoms. The average molecular weight is 340 g/mol. The molecule has 0 aliphatic carbocycles. The number of hydrogen-bond acceptors (Lipinski definition) is 4. The summed E-state index contributed by atoms with van der Waals surface area (Å²) in [4.78, 5) is 14.7. The van der Waals surface area contributed by atoms with E-state index >= 15 is 0 Å². The van der Waals surface area contributed by atoms with Crippen molar-refractivity contribution in [1.29, 1.82) is 0 Å². The van der Waals surface area contributed by atoms with Gasteiger partial charge in [-0.1, -0.05) is 30.3 Å². The minimum Gasteiger partial charge on any atom is -0.373 e. The van der Waals surface area contributed by atoms with Gasteiger partial charge in [0, 0.05) is 43.9 Å². The van der Waals surface area contributed by atoms with Crippen molar-refractivity contribution in [3.63, 3.8) is 0 Å². The average Bonchev–Trinajstić information content (AvgIpc) is 3.11. The van der Waals surface area contributed by atoms with Crippen LogP contribution in [0.25, 0.3) is 0 Å². The predicted molar refractivity (Wildman–Crippen MR) is 94.2 cm³/mol. The summed E-state index contributed by atoms with van der Waals surface area (Å²) < 4.78 is 6.01. The van der Waals surface area contributed by atoms with E-state index in [-0.39, 0.29) is 12.0 Å². The molecule has 1 aromatic carbocycles. The molecule has 0 unspecified atom stereocenters. The summed E-state index contributed by atoms with van der Waals surface area (Å²) >= 11 is 0. The van der Waals surface area contributed by atoms with Crippen LogP contribution >= 0.6 is 0 Å². The topological polar surface area (TPSA) is 70.2 Å². The van der Waals surface area contributed by atoms with Crippen LogP contribution in [0.3, 0.4) is 0 Å². The Kier molecular flexibility index (Phi) is 4.81. The Morgan fingerprint density at radius 1 is 1.24 bits per heavy atom. The van der Waals surface area contributed by atoms with Gasteiger partial charge in [0.2, 0.25) is 0 Å². The molecule has 1 fully saturated rings. The Hall–Kier alpha value is -2.18. The number of hydrogen-bond donors (Lipinski definition) is 2. The zero-order chi connectivity index (χ0) is 17.1. The summed E-state index contributed by atoms with van der Waals surface area (Å²) in [6.45, 7) is 3.76. The van der Waals surface area contributed by atoms with Crippen molar-refractivity contribution >= 4 is 5.91 Å². The Morgan fingerprint density at radius 2 is 2.04 bits per heavy atom. The van der Waals surface area contributed by atoms with Gasteiger partial charge in [0.25, 0.3) is 5.91 Å². The van der Waals surface area contributed by atoms with Crippen molar-refractivity contribution in [3.05, 3.63) is 52.8 Å². The first kappa shape index (κ1) is 16.3. The number of carbonyl (C=O) groups is 1. The summed E-state index contributed by atoms with van der Waals surface area (Å²) in [5, 5.41) is 10.6. The molecule has 2 aromatic rings. The second-order valence-electron chi connectivity index (χ2n) is 6.74. The molecule has 1 saturated heterocycles. The van der Waals surface area contributed by atoms with Gasteiger partial charge in [-0.05, 0) is 18.4 Å². The number of benzene rings is 1. The van der Waals surface area contributed by atoms with E-state index in [1.165, 1.54) is 5.56 Å². The van der Waals surface area contributed by atoms with Gasteiger partial charge < -0.3 is 15.0 Å². The molecule has 2 aliphatic rings. The van der Waals surface area contributed by atoms with E-state index in [9.17, 15) is 4.79 Å². The third-order valence-corrected chi connectivity index (χ3v) is 5.07. The third-order valence-electron chi connectivity index (χ3n) is 5.07. The number of fused-ring (bicyclic) bond motifs is 1. The van der Waals surface area contributed by atoms with Crippen LogP contribution in [0.1, 0.15) is 40.2 Å². The lowest BCUT2D eigenvalue weighted by Gasteiger charge is -2.31. The first-order valence-corrected chi connectivity index (χ1v) is 9.03. The van der Waals surface area contributed by atoms with E-state index in [2.05, 4.69) is 27.6 Å². The monoisotopic (exact) mass is 340 g/mol. The highest BCUT2D eigenvalue weighted by molar-refractivity contribution is 5.94. The second kappa shape index (κ2) is 7.37. The highest BCUT2D eigenvalue weighted by Crippen LogP contribution is 2.21. The maximum Gasteiger partial charge on any atom is 0.274 e. The van der Waals surface area contributed by atoms with Gasteiger partial charge in [-0.2, -0.15) is 5.10 Å². The molecule has 2 aliphatic heterocycles. The standard InChI is InChI=1S/C19H24N4O2/c24-19(18-16-12-20-9-6-17(16)21-22-18)23-10-7-15(8-11-23)25-13-14-4-2-1-3-5-14/h1-5,15,20H,6-13H2,(H,21,22). The first-order chi connectivity index (χ1) is 12.3. The SMILES string of the molecule is O=C(c1n[nH]c2c1CNCC2)N1CCC(OCc2ccccc2)CC1. The fourth-order valence-corrected chi connectivity index (χ4v) is 3.57. The number of rotatable bonds is 4. The molecule has 0 atom stereocenters. The maximum atomic E-state index is 12.8. The summed E-state index contributed by atoms with van der Waals surface area (Å²) in [7, 11) is 0. The molecule has 0 saturated carbocycles. The lowest BCUT2D eigenvalue weighted by Crippen LogP contribution is -2.41. The van der Waals surface area contributed by atoms with E-state index in [1.54, 1.807) is 0 Å². The molecule has 1 amide bonds. The number of piperidine rings is 1. The maximum absolute atomic E-state index is 12.8. The minimum atomic E-state index is 0.0442. The number of amides is 1. The number of nitrogens with zero attached hydrogens (tertiary/aromatic N) is 2. The van der Waals surface area contributed by atoms with Crippen molar-refractivity contribution in [1.82, 2.24) is 20.4 Å². The van der Waals surface area contributed by atoms with Crippen LogP contribution in [-0.2, 0) is 24.3 Å². The summed E-state index contributed by atoms with van der Waals surface area (Å²) in [6, 6.07) is 10.2. The Morgan fingerprint density at radius 3 is 2.84 bits per heavy atom. The van der Waals surface area contributed by atoms with Crippen molar-refractivity contribution < 1.29 is 9.53 Å². The number of ether oxygens (including phenoxy) is 1. The van der Waals surface area contributed by atoms with Crippen LogP contribution in [0, 0.1) is 0 Å². The molecular weight excluding hydrogens is 316 g/mol. The Labute approximate surface area is 147 Å². The summed E-state index contributed by atoms with van der Waals surface area (Å²) in [6.07, 6.45) is 2.89. The van der Waals surface area contributed by atoms with Crippen molar-refractivity contribution in [2.45, 2.75) is 38.5 Å². The lowest BCUT2D eigenvalue weighted by atomic mass is 10.0. The normalized spacial score (nSPS) is 18.2. The molecule has 132 valence electrons. The third kappa shape index (κ3) is 3.60. The quantitative estimate of drug-likeness (QED) is 0.891. The second-order valence-corrected chi connectivity index (χ2v) is 6.74. The number of carbonyl (C=O) groups excluding carboxylic acids is 1. The molecule has 0 radical (unpaired) electrons. The lowest BCUT2D eigenvalue weighted by molar-refractivity contribution is -0.000535. The molecule has 25 heavy (non-hydrogen) atoms. The number of nitrogens with one attached hydrogen (secondary N) is 2. The first-order valence-electron chi connectivity index (χ1n) is 9.03. The largest absolute Gasteiger partial charge is 0.373 e. The van der Waals surface area contributed by atoms with Gasteiger partial charge in [-0.15, -0.1) is 0 Å². The molecule has 6 heteroatoms. The zero-order valence-corrected chi connectivity index (χ0v) is 14.3. The molecule has 4 rings (SSSR count). The van der Waals surface area contributed by atoms with Crippen molar-refractivity contribution in [2.75, 3.05) is 19.6 Å². The molecule has 3 heterocycles. The highest BCUT2D eigenvalue weighted by atomic mass is 16.5. The van der Waals surface area contributed by atoms with E-state index in [0.29, 0.717) is 12.3 Å². The smallest absolute Gasteiger partial charge is 0.274 e. The van der Waals surface area contributed by atoms with Crippen LogP contribution in [0.5, 0.6) is 0 Å². The fourth-order valence-electron chi connectivity index (χ4n) is 3.57. The molecule has 2 N–H and O–H groups in total. The fraction of sp³-hybridized carbons (Fsp3) is 0.474. The van der Waals surface area contributed by atoms with Gasteiger partial charge in [0.1, 0.15) is 0 Å². The van der Waals surface area contributed by atoms with E-state index < -0.39 is 0 Å². The Bertz CT molecular complexity index is 720. The van der Waals surface area contributed by atoms with Crippen LogP contribution in [-0.4, -0.2) is 46.7 Å². The van der Waals surface area contributed by atoms with Crippen LogP contribution in [0.15, 0.2) is 30.3 Å². The molecule has 1 aromatic heterocycles. The number of likely N-dealkylation sites (tertiary alicyclic amines) is 1. The summed E-state index contributed by atoms with van der Waals surface area (Å²) in [5.74, 6) is 0.0442. The minimum absolute atomic E-state index is 0.0442. The predicted octanol–water partition coefficient (Wildman–Crippen LogP) is 1.88. The molecular formula is C19H24N4O2. The highest BCUT2D eigenvalue weighted by Gasteiger charge is 2.28. The van der Waals surface area contributed by atoms with Gasteiger partial charge in [-0.25, -0.2) is 0 Å². The molecule has 6 nitrogen and oxygen atoms in total. The van der Waals surface area contributed by atoms with E-state index in [0.717, 1.165) is 56.7 Å². The van der Waals surface area contributed by atoms with Gasteiger partial charge >= 0.3 is 0 Å². The zero-order valence-electron chi connectivity index (χ0n) is 14.3. The van der Waals surface area contributed by atoms with Crippen LogP contribution < -0.4 is 5.32 Å². The Balaban J connectivity index is 1.31. The van der Waals surface area contributed by atoms with E-state index in [4.69, 9.17) is 4.74 Å². The number of aromatic amines is 1. The summed E-state index contributed by atoms with van der Waals surface area (Å²) in [5.41, 5.74) is 3.92. The van der Waals surface area contributed by atoms with Gasteiger partial charge in [-0.3, -0.25) is 9.89 Å². The van der Waals surface area contributed by atoms with Crippen LogP contribution in [0.2, 0.25) is 0 Å². The van der Waals surface area contributed by atoms with Gasteiger partial charge in [0.05, 0.1) is 12.7 Å². The molecule has 0 bridgehead atoms. The van der Waals surface area contributed by atoms with Crippen molar-refractivity contribution in [2.24, 2.45) is 0 Å². The van der Waals surface area contributed by atoms with Crippen molar-refractivity contribution in [3.8, 4) is 0 Å². The van der Waals surface area contributed by atoms with Crippen LogP contribution in [0.4, 0.5) is 0 Å². The number of aromatic nitrogens is 2.